The van der Waals surface area contributed by atoms with Gasteiger partial charge in [-0.05, 0) is 6.72 Å². The molecule has 0 aromatic heterocycles. The fraction of sp³-hybridized carbons (Fsp3) is 0.545. The maximum Gasteiger partial charge on any atom is 0.0731 e. The summed E-state index contributed by atoms with van der Waals surface area (Å²) in [6.07, 6.45) is 1.50. The predicted octanol–water partition coefficient (Wildman–Crippen LogP) is 0.169. The van der Waals surface area contributed by atoms with E-state index in [1.165, 1.54) is 6.20 Å². The summed E-state index contributed by atoms with van der Waals surface area (Å²) >= 11 is 0. The first kappa shape index (κ1) is 14.7. The molecule has 0 amide bonds. The molecule has 5 heteroatoms. The first-order valence-corrected chi connectivity index (χ1v) is 5.15. The van der Waals surface area contributed by atoms with Gasteiger partial charge >= 0.3 is 0 Å². The van der Waals surface area contributed by atoms with Gasteiger partial charge in [0.2, 0.25) is 0 Å². The van der Waals surface area contributed by atoms with Crippen molar-refractivity contribution in [3.63, 3.8) is 0 Å². The van der Waals surface area contributed by atoms with Crippen molar-refractivity contribution in [1.29, 1.82) is 0 Å². The van der Waals surface area contributed by atoms with Gasteiger partial charge < -0.3 is 20.7 Å². The second kappa shape index (κ2) is 8.94. The quantitative estimate of drug-likeness (QED) is 0.334. The first-order valence-electron chi connectivity index (χ1n) is 5.15. The Labute approximate surface area is 97.7 Å². The molecule has 0 radical (unpaired) electrons. The van der Waals surface area contributed by atoms with E-state index in [1.54, 1.807) is 7.11 Å². The first-order chi connectivity index (χ1) is 7.63. The molecule has 0 spiro atoms. The summed E-state index contributed by atoms with van der Waals surface area (Å²) in [5.74, 6) is 0. The van der Waals surface area contributed by atoms with Crippen molar-refractivity contribution in [2.75, 3.05) is 40.4 Å². The zero-order valence-corrected chi connectivity index (χ0v) is 10.2. The number of hydrogen-bond donors (Lipinski definition) is 2. The Kier molecular flexibility index (Phi) is 8.19. The van der Waals surface area contributed by atoms with E-state index in [2.05, 4.69) is 23.6 Å². The van der Waals surface area contributed by atoms with E-state index in [4.69, 9.17) is 10.5 Å². The number of nitrogens with zero attached hydrogens (tertiary/aromatic N) is 2. The van der Waals surface area contributed by atoms with Gasteiger partial charge in [0, 0.05) is 33.8 Å². The number of aliphatic imine (C=N–C) groups is 1. The number of nitrogens with one attached hydrogen (secondary N) is 1. The minimum absolute atomic E-state index is 0.536. The fourth-order valence-electron chi connectivity index (χ4n) is 1.07. The van der Waals surface area contributed by atoms with E-state index < -0.39 is 0 Å². The number of hydrogen-bond acceptors (Lipinski definition) is 5. The van der Waals surface area contributed by atoms with Crippen LogP contribution in [-0.2, 0) is 4.74 Å². The Hall–Kier alpha value is -1.33. The van der Waals surface area contributed by atoms with Crippen LogP contribution in [-0.4, -0.2) is 52.0 Å². The zero-order chi connectivity index (χ0) is 12.4. The van der Waals surface area contributed by atoms with E-state index in [-0.39, 0.29) is 0 Å². The molecule has 0 saturated heterocycles. The van der Waals surface area contributed by atoms with Crippen molar-refractivity contribution >= 4 is 6.72 Å². The van der Waals surface area contributed by atoms with Crippen LogP contribution >= 0.6 is 0 Å². The summed E-state index contributed by atoms with van der Waals surface area (Å²) in [7, 11) is 3.62. The molecule has 0 aliphatic heterocycles. The molecule has 16 heavy (non-hydrogen) atoms. The molecule has 0 aliphatic carbocycles. The summed E-state index contributed by atoms with van der Waals surface area (Å²) < 4.78 is 4.92. The largest absolute Gasteiger partial charge is 0.396 e. The van der Waals surface area contributed by atoms with Gasteiger partial charge in [0.25, 0.3) is 0 Å². The standard InChI is InChI=1S/C11H22N4O/c1-10(11(12)9-13-2)15(3)7-5-14-6-8-16-4/h9,14H,1-2,5-8,12H2,3-4H3/b11-9+. The van der Waals surface area contributed by atoms with Crippen LogP contribution in [0.25, 0.3) is 0 Å². The molecule has 0 bridgehead atoms. The van der Waals surface area contributed by atoms with Gasteiger partial charge in [-0.25, -0.2) is 0 Å². The van der Waals surface area contributed by atoms with Crippen molar-refractivity contribution in [1.82, 2.24) is 10.2 Å². The van der Waals surface area contributed by atoms with Crippen molar-refractivity contribution in [3.8, 4) is 0 Å². The molecule has 0 aromatic rings. The maximum absolute atomic E-state index is 5.73. The van der Waals surface area contributed by atoms with Gasteiger partial charge in [0.15, 0.2) is 0 Å². The average molecular weight is 226 g/mol. The molecule has 0 heterocycles. The number of rotatable bonds is 9. The summed E-state index contributed by atoms with van der Waals surface area (Å²) in [5.41, 5.74) is 7.01. The van der Waals surface area contributed by atoms with Gasteiger partial charge in [0.05, 0.1) is 24.2 Å². The van der Waals surface area contributed by atoms with Crippen LogP contribution in [0.2, 0.25) is 0 Å². The Balaban J connectivity index is 3.79. The van der Waals surface area contributed by atoms with Crippen molar-refractivity contribution in [3.05, 3.63) is 24.2 Å². The molecular weight excluding hydrogens is 204 g/mol. The summed E-state index contributed by atoms with van der Waals surface area (Å²) in [6, 6.07) is 0. The molecule has 0 saturated carbocycles. The lowest BCUT2D eigenvalue weighted by Gasteiger charge is -2.21. The van der Waals surface area contributed by atoms with E-state index >= 15 is 0 Å². The van der Waals surface area contributed by atoms with Gasteiger partial charge in [-0.1, -0.05) is 6.58 Å². The molecule has 0 aromatic carbocycles. The van der Waals surface area contributed by atoms with Crippen LogP contribution in [0.4, 0.5) is 0 Å². The van der Waals surface area contributed by atoms with Gasteiger partial charge in [-0.2, -0.15) is 0 Å². The lowest BCUT2D eigenvalue weighted by atomic mass is 10.3. The van der Waals surface area contributed by atoms with Crippen LogP contribution in [0, 0.1) is 0 Å². The number of methoxy groups -OCH3 is 1. The van der Waals surface area contributed by atoms with Crippen LogP contribution < -0.4 is 11.1 Å². The van der Waals surface area contributed by atoms with Crippen molar-refractivity contribution in [2.45, 2.75) is 0 Å². The van der Waals surface area contributed by atoms with Crippen LogP contribution in [0.15, 0.2) is 29.2 Å². The average Bonchev–Trinajstić information content (AvgIpc) is 2.27. The predicted molar refractivity (Wildman–Crippen MR) is 68.3 cm³/mol. The van der Waals surface area contributed by atoms with Gasteiger partial charge in [-0.3, -0.25) is 4.99 Å². The second-order valence-corrected chi connectivity index (χ2v) is 3.38. The monoisotopic (exact) mass is 226 g/mol. The highest BCUT2D eigenvalue weighted by Crippen LogP contribution is 2.05. The Morgan fingerprint density at radius 3 is 2.81 bits per heavy atom. The minimum Gasteiger partial charge on any atom is -0.396 e. The number of likely N-dealkylation sites (N-methyl/N-ethyl adjacent to an activating group) is 1. The third kappa shape index (κ3) is 6.21. The summed E-state index contributed by atoms with van der Waals surface area (Å²) in [5, 5.41) is 3.24. The highest BCUT2D eigenvalue weighted by Gasteiger charge is 2.03. The third-order valence-electron chi connectivity index (χ3n) is 2.13. The number of ether oxygens (including phenoxy) is 1. The lowest BCUT2D eigenvalue weighted by Crippen LogP contribution is -2.31. The maximum atomic E-state index is 5.73. The molecule has 3 N–H and O–H groups in total. The third-order valence-corrected chi connectivity index (χ3v) is 2.13. The molecule has 0 aliphatic rings. The van der Waals surface area contributed by atoms with E-state index in [0.717, 1.165) is 25.3 Å². The number of nitrogens with two attached hydrogens (primary N) is 1. The topological polar surface area (TPSA) is 62.9 Å². The normalized spacial score (nSPS) is 11.2. The molecule has 0 fully saturated rings. The fourth-order valence-corrected chi connectivity index (χ4v) is 1.07. The van der Waals surface area contributed by atoms with Gasteiger partial charge in [-0.15, -0.1) is 0 Å². The Bertz CT molecular complexity index is 250. The van der Waals surface area contributed by atoms with Crippen LogP contribution in [0.3, 0.4) is 0 Å². The molecule has 92 valence electrons. The molecule has 5 nitrogen and oxygen atoms in total. The van der Waals surface area contributed by atoms with E-state index in [0.29, 0.717) is 12.3 Å². The Morgan fingerprint density at radius 2 is 2.25 bits per heavy atom. The van der Waals surface area contributed by atoms with E-state index in [9.17, 15) is 0 Å². The lowest BCUT2D eigenvalue weighted by molar-refractivity contribution is 0.198. The summed E-state index contributed by atoms with van der Waals surface area (Å²) in [6.45, 7) is 10.5. The highest BCUT2D eigenvalue weighted by molar-refractivity contribution is 5.30. The van der Waals surface area contributed by atoms with Crippen molar-refractivity contribution < 1.29 is 4.74 Å². The smallest absolute Gasteiger partial charge is 0.0731 e. The second-order valence-electron chi connectivity index (χ2n) is 3.38. The molecule has 0 rings (SSSR count). The highest BCUT2D eigenvalue weighted by atomic mass is 16.5. The zero-order valence-electron chi connectivity index (χ0n) is 10.2. The van der Waals surface area contributed by atoms with Crippen molar-refractivity contribution in [2.24, 2.45) is 10.7 Å². The Morgan fingerprint density at radius 1 is 1.56 bits per heavy atom. The van der Waals surface area contributed by atoms with E-state index in [1.807, 2.05) is 11.9 Å². The minimum atomic E-state index is 0.536. The SMILES string of the molecule is C=N/C=C(/N)C(=C)N(C)CCNCCOC. The summed E-state index contributed by atoms with van der Waals surface area (Å²) in [4.78, 5) is 5.57. The van der Waals surface area contributed by atoms with Crippen LogP contribution in [0.1, 0.15) is 0 Å². The molecule has 0 unspecified atom stereocenters. The molecular formula is C11H22N4O. The molecule has 0 atom stereocenters. The van der Waals surface area contributed by atoms with Crippen LogP contribution in [0.5, 0.6) is 0 Å². The van der Waals surface area contributed by atoms with Gasteiger partial charge in [0.1, 0.15) is 0 Å².